The largest absolute Gasteiger partial charge is 0.355 e. The molecule has 1 aromatic heterocycles. The van der Waals surface area contributed by atoms with Crippen LogP contribution in [0, 0.1) is 0 Å². The molecule has 4 rings (SSSR count). The Balaban J connectivity index is 1.52. The zero-order valence-corrected chi connectivity index (χ0v) is 14.6. The molecule has 1 heterocycles. The van der Waals surface area contributed by atoms with Gasteiger partial charge in [-0.25, -0.2) is 4.79 Å². The van der Waals surface area contributed by atoms with Crippen LogP contribution in [0.15, 0.2) is 48.5 Å². The number of hydrogen-bond acceptors (Lipinski definition) is 1. The van der Waals surface area contributed by atoms with Crippen LogP contribution in [0.4, 0.5) is 10.5 Å². The highest BCUT2D eigenvalue weighted by Gasteiger charge is 2.17. The van der Waals surface area contributed by atoms with Crippen molar-refractivity contribution in [1.82, 2.24) is 10.3 Å². The van der Waals surface area contributed by atoms with Gasteiger partial charge in [0, 0.05) is 38.9 Å². The number of benzene rings is 2. The van der Waals surface area contributed by atoms with E-state index in [2.05, 4.69) is 21.7 Å². The van der Waals surface area contributed by atoms with E-state index in [0.29, 0.717) is 6.04 Å². The van der Waals surface area contributed by atoms with Gasteiger partial charge in [0.25, 0.3) is 0 Å². The number of H-pyrrole nitrogens is 1. The van der Waals surface area contributed by atoms with Crippen molar-refractivity contribution >= 4 is 34.2 Å². The Morgan fingerprint density at radius 1 is 1.08 bits per heavy atom. The SMILES string of the molecule is O=C(Nc1cccc(-c2cc3cc(Cl)ccc3[nH]2)c1)NC1CCCC1. The summed E-state index contributed by atoms with van der Waals surface area (Å²) in [4.78, 5) is 15.5. The number of anilines is 1. The monoisotopic (exact) mass is 353 g/mol. The summed E-state index contributed by atoms with van der Waals surface area (Å²) in [7, 11) is 0. The van der Waals surface area contributed by atoms with Gasteiger partial charge in [-0.05, 0) is 49.2 Å². The number of aromatic amines is 1. The smallest absolute Gasteiger partial charge is 0.319 e. The quantitative estimate of drug-likeness (QED) is 0.567. The second-order valence-corrected chi connectivity index (χ2v) is 7.01. The maximum absolute atomic E-state index is 12.1. The van der Waals surface area contributed by atoms with Gasteiger partial charge in [0.1, 0.15) is 0 Å². The summed E-state index contributed by atoms with van der Waals surface area (Å²) >= 11 is 6.06. The van der Waals surface area contributed by atoms with Gasteiger partial charge in [-0.1, -0.05) is 36.6 Å². The van der Waals surface area contributed by atoms with Gasteiger partial charge in [0.15, 0.2) is 0 Å². The number of rotatable bonds is 3. The predicted octanol–water partition coefficient (Wildman–Crippen LogP) is 5.55. The Bertz CT molecular complexity index is 912. The highest BCUT2D eigenvalue weighted by Crippen LogP contribution is 2.27. The van der Waals surface area contributed by atoms with Crippen LogP contribution < -0.4 is 10.6 Å². The fraction of sp³-hybridized carbons (Fsp3) is 0.250. The van der Waals surface area contributed by atoms with Crippen LogP contribution in [0.2, 0.25) is 5.02 Å². The third kappa shape index (κ3) is 3.64. The Morgan fingerprint density at radius 2 is 1.92 bits per heavy atom. The average molecular weight is 354 g/mol. The Morgan fingerprint density at radius 3 is 2.76 bits per heavy atom. The normalized spacial score (nSPS) is 14.8. The van der Waals surface area contributed by atoms with Gasteiger partial charge in [-0.3, -0.25) is 0 Å². The van der Waals surface area contributed by atoms with Crippen LogP contribution >= 0.6 is 11.6 Å². The van der Waals surface area contributed by atoms with Crippen molar-refractivity contribution in [3.8, 4) is 11.3 Å². The van der Waals surface area contributed by atoms with Gasteiger partial charge < -0.3 is 15.6 Å². The highest BCUT2D eigenvalue weighted by atomic mass is 35.5. The summed E-state index contributed by atoms with van der Waals surface area (Å²) in [5, 5.41) is 7.77. The molecule has 1 aliphatic rings. The van der Waals surface area contributed by atoms with Crippen molar-refractivity contribution in [2.75, 3.05) is 5.32 Å². The Kier molecular flexibility index (Phi) is 4.36. The first kappa shape index (κ1) is 16.0. The molecule has 1 aliphatic carbocycles. The Labute approximate surface area is 151 Å². The summed E-state index contributed by atoms with van der Waals surface area (Å²) < 4.78 is 0. The van der Waals surface area contributed by atoms with Crippen LogP contribution in [0.25, 0.3) is 22.2 Å². The van der Waals surface area contributed by atoms with Gasteiger partial charge in [0.05, 0.1) is 0 Å². The first-order valence-corrected chi connectivity index (χ1v) is 9.01. The molecule has 3 aromatic rings. The van der Waals surface area contributed by atoms with E-state index in [4.69, 9.17) is 11.6 Å². The maximum atomic E-state index is 12.1. The number of aromatic nitrogens is 1. The summed E-state index contributed by atoms with van der Waals surface area (Å²) in [5.41, 5.74) is 3.84. The number of fused-ring (bicyclic) bond motifs is 1. The maximum Gasteiger partial charge on any atom is 0.319 e. The minimum absolute atomic E-state index is 0.132. The molecule has 128 valence electrons. The van der Waals surface area contributed by atoms with Crippen molar-refractivity contribution in [2.45, 2.75) is 31.7 Å². The lowest BCUT2D eigenvalue weighted by Gasteiger charge is -2.13. The number of urea groups is 1. The Hall–Kier alpha value is -2.46. The van der Waals surface area contributed by atoms with Crippen molar-refractivity contribution in [3.63, 3.8) is 0 Å². The number of hydrogen-bond donors (Lipinski definition) is 3. The molecule has 1 fully saturated rings. The zero-order chi connectivity index (χ0) is 17.2. The van der Waals surface area contributed by atoms with Crippen molar-refractivity contribution in [3.05, 3.63) is 53.6 Å². The minimum atomic E-state index is -0.132. The standard InChI is InChI=1S/C20H20ClN3O/c21-15-8-9-18-14(10-15)12-19(24-18)13-4-3-7-17(11-13)23-20(25)22-16-5-1-2-6-16/h3-4,7-12,16,24H,1-2,5-6H2,(H2,22,23,25). The molecular weight excluding hydrogens is 334 g/mol. The van der Waals surface area contributed by atoms with E-state index in [-0.39, 0.29) is 6.03 Å². The fourth-order valence-corrected chi connectivity index (χ4v) is 3.63. The highest BCUT2D eigenvalue weighted by molar-refractivity contribution is 6.31. The van der Waals surface area contributed by atoms with Gasteiger partial charge in [-0.2, -0.15) is 0 Å². The molecule has 25 heavy (non-hydrogen) atoms. The molecule has 4 nitrogen and oxygen atoms in total. The third-order valence-electron chi connectivity index (χ3n) is 4.70. The van der Waals surface area contributed by atoms with Crippen molar-refractivity contribution < 1.29 is 4.79 Å². The molecule has 0 bridgehead atoms. The van der Waals surface area contributed by atoms with Crippen LogP contribution in [0.5, 0.6) is 0 Å². The predicted molar refractivity (Wildman–Crippen MR) is 103 cm³/mol. The summed E-state index contributed by atoms with van der Waals surface area (Å²) in [6.07, 6.45) is 4.55. The van der Waals surface area contributed by atoms with Crippen LogP contribution in [-0.2, 0) is 0 Å². The van der Waals surface area contributed by atoms with E-state index >= 15 is 0 Å². The molecule has 0 radical (unpaired) electrons. The van der Waals surface area contributed by atoms with E-state index < -0.39 is 0 Å². The summed E-state index contributed by atoms with van der Waals surface area (Å²) in [6, 6.07) is 15.9. The molecular formula is C20H20ClN3O. The van der Waals surface area contributed by atoms with E-state index in [0.717, 1.165) is 45.7 Å². The van der Waals surface area contributed by atoms with E-state index in [1.165, 1.54) is 12.8 Å². The van der Waals surface area contributed by atoms with Gasteiger partial charge >= 0.3 is 6.03 Å². The van der Waals surface area contributed by atoms with Crippen LogP contribution in [0.1, 0.15) is 25.7 Å². The second-order valence-electron chi connectivity index (χ2n) is 6.58. The van der Waals surface area contributed by atoms with Gasteiger partial charge in [-0.15, -0.1) is 0 Å². The first-order chi connectivity index (χ1) is 12.2. The third-order valence-corrected chi connectivity index (χ3v) is 4.94. The summed E-state index contributed by atoms with van der Waals surface area (Å²) in [5.74, 6) is 0. The fourth-order valence-electron chi connectivity index (χ4n) is 3.45. The van der Waals surface area contributed by atoms with Crippen LogP contribution in [-0.4, -0.2) is 17.1 Å². The molecule has 3 N–H and O–H groups in total. The number of halogens is 1. The molecule has 5 heteroatoms. The van der Waals surface area contributed by atoms with Crippen molar-refractivity contribution in [2.24, 2.45) is 0 Å². The molecule has 0 unspecified atom stereocenters. The molecule has 0 atom stereocenters. The number of carbonyl (C=O) groups is 1. The number of amides is 2. The lowest BCUT2D eigenvalue weighted by atomic mass is 10.1. The topological polar surface area (TPSA) is 56.9 Å². The number of carbonyl (C=O) groups excluding carboxylic acids is 1. The molecule has 0 saturated heterocycles. The molecule has 0 spiro atoms. The van der Waals surface area contributed by atoms with E-state index in [9.17, 15) is 4.79 Å². The molecule has 2 amide bonds. The van der Waals surface area contributed by atoms with Crippen molar-refractivity contribution in [1.29, 1.82) is 0 Å². The summed E-state index contributed by atoms with van der Waals surface area (Å²) in [6.45, 7) is 0. The first-order valence-electron chi connectivity index (χ1n) is 8.64. The average Bonchev–Trinajstić information content (AvgIpc) is 3.24. The molecule has 0 aliphatic heterocycles. The minimum Gasteiger partial charge on any atom is -0.355 e. The van der Waals surface area contributed by atoms with E-state index in [1.807, 2.05) is 42.5 Å². The number of nitrogens with one attached hydrogen (secondary N) is 3. The van der Waals surface area contributed by atoms with Gasteiger partial charge in [0.2, 0.25) is 0 Å². The second kappa shape index (κ2) is 6.81. The zero-order valence-electron chi connectivity index (χ0n) is 13.8. The van der Waals surface area contributed by atoms with Crippen LogP contribution in [0.3, 0.4) is 0 Å². The van der Waals surface area contributed by atoms with E-state index in [1.54, 1.807) is 0 Å². The molecule has 2 aromatic carbocycles. The molecule has 1 saturated carbocycles. The lowest BCUT2D eigenvalue weighted by Crippen LogP contribution is -2.36. The lowest BCUT2D eigenvalue weighted by molar-refractivity contribution is 0.248.